The molecule has 1 atom stereocenters. The molecule has 2 heterocycles. The van der Waals surface area contributed by atoms with Crippen molar-refractivity contribution in [3.63, 3.8) is 0 Å². The molecule has 1 unspecified atom stereocenters. The third-order valence-corrected chi connectivity index (χ3v) is 6.91. The maximum atomic E-state index is 13.3. The van der Waals surface area contributed by atoms with Crippen LogP contribution in [0.3, 0.4) is 0 Å². The lowest BCUT2D eigenvalue weighted by Crippen LogP contribution is -2.30. The molecule has 2 aromatic carbocycles. The Morgan fingerprint density at radius 1 is 1.11 bits per heavy atom. The number of thioether (sulfide) groups is 1. The highest BCUT2D eigenvalue weighted by atomic mass is 32.2. The first-order valence-corrected chi connectivity index (χ1v) is 13.8. The standard InChI is InChI=1S/C29H36N4O3S/c1-7-17-35-26(34)24-19(3)30-27-31-28(37-8-2)32-33(27)25(24)22-11-9-10-12-23(22)36-18-20-13-15-21(16-14-20)29(4,5)6/h9-16,25H,7-8,17-18H2,1-6H3,(H,30,31,32). The first kappa shape index (κ1) is 26.8. The molecular formula is C29H36N4O3S. The second kappa shape index (κ2) is 11.4. The number of anilines is 1. The first-order valence-electron chi connectivity index (χ1n) is 12.8. The highest BCUT2D eigenvalue weighted by Gasteiger charge is 2.36. The number of rotatable bonds is 9. The average Bonchev–Trinajstić information content (AvgIpc) is 3.27. The van der Waals surface area contributed by atoms with Crippen LogP contribution in [0.1, 0.15) is 70.7 Å². The number of ether oxygens (including phenoxy) is 2. The van der Waals surface area contributed by atoms with Gasteiger partial charge in [0, 0.05) is 11.3 Å². The summed E-state index contributed by atoms with van der Waals surface area (Å²) in [7, 11) is 0. The molecule has 0 fully saturated rings. The van der Waals surface area contributed by atoms with Gasteiger partial charge >= 0.3 is 5.97 Å². The normalized spacial score (nSPS) is 15.2. The molecule has 1 aliphatic heterocycles. The minimum absolute atomic E-state index is 0.0956. The topological polar surface area (TPSA) is 78.3 Å². The molecular weight excluding hydrogens is 484 g/mol. The molecule has 4 rings (SSSR count). The lowest BCUT2D eigenvalue weighted by atomic mass is 9.87. The van der Waals surface area contributed by atoms with E-state index in [2.05, 4.69) is 62.3 Å². The molecule has 0 aliphatic carbocycles. The minimum Gasteiger partial charge on any atom is -0.489 e. The van der Waals surface area contributed by atoms with E-state index in [1.807, 2.05) is 38.1 Å². The summed E-state index contributed by atoms with van der Waals surface area (Å²) in [6.07, 6.45) is 0.746. The zero-order valence-corrected chi connectivity index (χ0v) is 23.3. The van der Waals surface area contributed by atoms with Crippen molar-refractivity contribution >= 4 is 23.7 Å². The molecule has 8 heteroatoms. The van der Waals surface area contributed by atoms with Crippen molar-refractivity contribution in [1.82, 2.24) is 14.8 Å². The summed E-state index contributed by atoms with van der Waals surface area (Å²) in [5.74, 6) is 1.77. The third kappa shape index (κ3) is 6.01. The van der Waals surface area contributed by atoms with Gasteiger partial charge in [0.15, 0.2) is 0 Å². The van der Waals surface area contributed by atoms with Crippen molar-refractivity contribution in [1.29, 1.82) is 0 Å². The third-order valence-electron chi connectivity index (χ3n) is 6.19. The molecule has 0 saturated heterocycles. The summed E-state index contributed by atoms with van der Waals surface area (Å²) in [6.45, 7) is 13.3. The highest BCUT2D eigenvalue weighted by molar-refractivity contribution is 7.99. The number of hydrogen-bond donors (Lipinski definition) is 1. The fourth-order valence-corrected chi connectivity index (χ4v) is 4.80. The number of hydrogen-bond acceptors (Lipinski definition) is 7. The Kier molecular flexibility index (Phi) is 8.27. The van der Waals surface area contributed by atoms with Crippen LogP contribution in [0.2, 0.25) is 0 Å². The van der Waals surface area contributed by atoms with Gasteiger partial charge in [0.1, 0.15) is 18.4 Å². The Morgan fingerprint density at radius 2 is 1.84 bits per heavy atom. The van der Waals surface area contributed by atoms with E-state index in [0.29, 0.717) is 41.3 Å². The summed E-state index contributed by atoms with van der Waals surface area (Å²) < 4.78 is 13.7. The van der Waals surface area contributed by atoms with E-state index in [-0.39, 0.29) is 11.4 Å². The van der Waals surface area contributed by atoms with Crippen molar-refractivity contribution < 1.29 is 14.3 Å². The fourth-order valence-electron chi connectivity index (χ4n) is 4.25. The quantitative estimate of drug-likeness (QED) is 0.255. The fraction of sp³-hybridized carbons (Fsp3) is 0.414. The molecule has 7 nitrogen and oxygen atoms in total. The van der Waals surface area contributed by atoms with Crippen LogP contribution in [-0.2, 0) is 21.6 Å². The van der Waals surface area contributed by atoms with Crippen LogP contribution in [-0.4, -0.2) is 33.1 Å². The van der Waals surface area contributed by atoms with Crippen LogP contribution in [0.5, 0.6) is 5.75 Å². The second-order valence-electron chi connectivity index (χ2n) is 10.1. The molecule has 0 spiro atoms. The highest BCUT2D eigenvalue weighted by Crippen LogP contribution is 2.40. The lowest BCUT2D eigenvalue weighted by Gasteiger charge is -2.29. The van der Waals surface area contributed by atoms with Gasteiger partial charge in [-0.05, 0) is 41.7 Å². The average molecular weight is 521 g/mol. The zero-order valence-electron chi connectivity index (χ0n) is 22.5. The summed E-state index contributed by atoms with van der Waals surface area (Å²) in [4.78, 5) is 17.9. The molecule has 0 amide bonds. The summed E-state index contributed by atoms with van der Waals surface area (Å²) in [5.41, 5.74) is 4.49. The minimum atomic E-state index is -0.529. The molecule has 1 aromatic heterocycles. The van der Waals surface area contributed by atoms with Gasteiger partial charge in [-0.2, -0.15) is 4.98 Å². The number of aromatic nitrogens is 3. The van der Waals surface area contributed by atoms with Gasteiger partial charge in [-0.1, -0.05) is 88.8 Å². The number of nitrogens with one attached hydrogen (secondary N) is 1. The van der Waals surface area contributed by atoms with Crippen LogP contribution in [0.15, 0.2) is 65.0 Å². The molecule has 3 aromatic rings. The van der Waals surface area contributed by atoms with Crippen molar-refractivity contribution in [3.05, 3.63) is 76.5 Å². The zero-order chi connectivity index (χ0) is 26.6. The van der Waals surface area contributed by atoms with Gasteiger partial charge in [0.2, 0.25) is 11.1 Å². The molecule has 37 heavy (non-hydrogen) atoms. The van der Waals surface area contributed by atoms with E-state index in [0.717, 1.165) is 23.3 Å². The predicted octanol–water partition coefficient (Wildman–Crippen LogP) is 6.51. The van der Waals surface area contributed by atoms with Gasteiger partial charge in [0.25, 0.3) is 0 Å². The SMILES string of the molecule is CCCOC(=O)C1=C(C)Nc2nc(SCC)nn2C1c1ccccc1OCc1ccc(C(C)(C)C)cc1. The lowest BCUT2D eigenvalue weighted by molar-refractivity contribution is -0.139. The number of esters is 1. The second-order valence-corrected chi connectivity index (χ2v) is 11.3. The Labute approximate surface area is 223 Å². The summed E-state index contributed by atoms with van der Waals surface area (Å²) in [6, 6.07) is 15.8. The monoisotopic (exact) mass is 520 g/mol. The van der Waals surface area contributed by atoms with Crippen LogP contribution < -0.4 is 10.1 Å². The van der Waals surface area contributed by atoms with Crippen LogP contribution >= 0.6 is 11.8 Å². The first-order chi connectivity index (χ1) is 17.7. The van der Waals surface area contributed by atoms with E-state index in [1.165, 1.54) is 5.56 Å². The Hall–Kier alpha value is -3.26. The van der Waals surface area contributed by atoms with Gasteiger partial charge in [-0.25, -0.2) is 9.48 Å². The maximum Gasteiger partial charge on any atom is 0.338 e. The van der Waals surface area contributed by atoms with Crippen molar-refractivity contribution in [3.8, 4) is 5.75 Å². The Morgan fingerprint density at radius 3 is 2.51 bits per heavy atom. The van der Waals surface area contributed by atoms with Crippen LogP contribution in [0.25, 0.3) is 0 Å². The smallest absolute Gasteiger partial charge is 0.338 e. The summed E-state index contributed by atoms with van der Waals surface area (Å²) >= 11 is 1.56. The van der Waals surface area contributed by atoms with Crippen molar-refractivity contribution in [2.24, 2.45) is 0 Å². The molecule has 0 saturated carbocycles. The van der Waals surface area contributed by atoms with Gasteiger partial charge in [-0.15, -0.1) is 5.10 Å². The predicted molar refractivity (Wildman–Crippen MR) is 148 cm³/mol. The Bertz CT molecular complexity index is 1280. The molecule has 0 radical (unpaired) electrons. The van der Waals surface area contributed by atoms with Crippen LogP contribution in [0.4, 0.5) is 5.95 Å². The summed E-state index contributed by atoms with van der Waals surface area (Å²) in [5, 5.41) is 8.66. The number of benzene rings is 2. The van der Waals surface area contributed by atoms with Gasteiger partial charge in [-0.3, -0.25) is 0 Å². The largest absolute Gasteiger partial charge is 0.489 e. The number of carbonyl (C=O) groups is 1. The van der Waals surface area contributed by atoms with E-state index in [1.54, 1.807) is 16.4 Å². The number of para-hydroxylation sites is 1. The van der Waals surface area contributed by atoms with Crippen molar-refractivity contribution in [2.75, 3.05) is 17.7 Å². The van der Waals surface area contributed by atoms with Gasteiger partial charge in [0.05, 0.1) is 12.2 Å². The van der Waals surface area contributed by atoms with E-state index in [9.17, 15) is 4.79 Å². The number of nitrogens with zero attached hydrogens (tertiary/aromatic N) is 3. The van der Waals surface area contributed by atoms with Gasteiger partial charge < -0.3 is 14.8 Å². The number of carbonyl (C=O) groups excluding carboxylic acids is 1. The molecule has 1 aliphatic rings. The molecule has 0 bridgehead atoms. The molecule has 196 valence electrons. The van der Waals surface area contributed by atoms with Crippen LogP contribution in [0, 0.1) is 0 Å². The van der Waals surface area contributed by atoms with Crippen molar-refractivity contribution in [2.45, 2.75) is 71.2 Å². The molecule has 1 N–H and O–H groups in total. The van der Waals surface area contributed by atoms with E-state index in [4.69, 9.17) is 14.6 Å². The van der Waals surface area contributed by atoms with E-state index >= 15 is 0 Å². The Balaban J connectivity index is 1.70. The number of allylic oxidation sites excluding steroid dienone is 1. The maximum absolute atomic E-state index is 13.3. The number of fused-ring (bicyclic) bond motifs is 1. The van der Waals surface area contributed by atoms with E-state index < -0.39 is 6.04 Å².